The molecule has 0 saturated carbocycles. The van der Waals surface area contributed by atoms with Crippen LogP contribution in [0.4, 0.5) is 10.5 Å². The lowest BCUT2D eigenvalue weighted by atomic mass is 9.93. The number of rotatable bonds is 0. The van der Waals surface area contributed by atoms with Crippen molar-refractivity contribution in [2.45, 2.75) is 45.8 Å². The van der Waals surface area contributed by atoms with E-state index in [4.69, 9.17) is 22.1 Å². The quantitative estimate of drug-likeness (QED) is 0.744. The minimum absolute atomic E-state index is 0.276. The first kappa shape index (κ1) is 15.6. The fourth-order valence-electron chi connectivity index (χ4n) is 2.52. The summed E-state index contributed by atoms with van der Waals surface area (Å²) in [5.41, 5.74) is 5.41. The predicted octanol–water partition coefficient (Wildman–Crippen LogP) is 3.55. The van der Waals surface area contributed by atoms with Crippen LogP contribution in [0.1, 0.15) is 50.5 Å². The smallest absolute Gasteiger partial charge is 0.418 e. The number of hydrogen-bond donors (Lipinski definition) is 1. The van der Waals surface area contributed by atoms with Gasteiger partial charge in [0.25, 0.3) is 5.91 Å². The molecule has 2 amide bonds. The van der Waals surface area contributed by atoms with Crippen molar-refractivity contribution >= 4 is 29.3 Å². The van der Waals surface area contributed by atoms with Gasteiger partial charge in [-0.1, -0.05) is 11.6 Å². The Balaban J connectivity index is 2.54. The second kappa shape index (κ2) is 4.63. The lowest BCUT2D eigenvalue weighted by Crippen LogP contribution is -2.46. The predicted molar refractivity (Wildman–Crippen MR) is 81.3 cm³/mol. The van der Waals surface area contributed by atoms with Crippen molar-refractivity contribution in [2.75, 3.05) is 5.73 Å². The van der Waals surface area contributed by atoms with Gasteiger partial charge in [-0.05, 0) is 46.8 Å². The van der Waals surface area contributed by atoms with E-state index in [0.29, 0.717) is 16.3 Å². The van der Waals surface area contributed by atoms with Gasteiger partial charge in [-0.25, -0.2) is 9.69 Å². The first-order chi connectivity index (χ1) is 9.47. The van der Waals surface area contributed by atoms with Crippen LogP contribution < -0.4 is 5.73 Å². The Morgan fingerprint density at radius 2 is 1.90 bits per heavy atom. The maximum atomic E-state index is 12.6. The summed E-state index contributed by atoms with van der Waals surface area (Å²) < 4.78 is 5.32. The molecular formula is C15H19ClN2O3. The molecule has 0 aromatic heterocycles. The average Bonchev–Trinajstić information content (AvgIpc) is 2.49. The first-order valence-corrected chi connectivity index (χ1v) is 7.00. The van der Waals surface area contributed by atoms with Crippen LogP contribution in [0.3, 0.4) is 0 Å². The summed E-state index contributed by atoms with van der Waals surface area (Å²) in [6.07, 6.45) is -0.704. The maximum absolute atomic E-state index is 12.6. The molecule has 6 heteroatoms. The van der Waals surface area contributed by atoms with Crippen molar-refractivity contribution in [3.05, 3.63) is 28.3 Å². The van der Waals surface area contributed by atoms with E-state index in [-0.39, 0.29) is 5.56 Å². The lowest BCUT2D eigenvalue weighted by molar-refractivity contribution is 0.00941. The number of anilines is 1. The first-order valence-electron chi connectivity index (χ1n) is 6.63. The number of benzene rings is 1. The molecule has 2 N–H and O–H groups in total. The van der Waals surface area contributed by atoms with Crippen molar-refractivity contribution in [1.82, 2.24) is 4.90 Å². The molecule has 0 spiro atoms. The number of imide groups is 1. The van der Waals surface area contributed by atoms with Gasteiger partial charge in [0.15, 0.2) is 0 Å². The SMILES string of the molecule is CC(C)(C)OC(=O)N1C(=O)c2c(N)ccc(Cl)c2C1(C)C. The Kier molecular flexibility index (Phi) is 3.45. The van der Waals surface area contributed by atoms with Crippen LogP contribution in [0.5, 0.6) is 0 Å². The Bertz CT molecular complexity index is 633. The summed E-state index contributed by atoms with van der Waals surface area (Å²) in [6, 6.07) is 3.19. The molecule has 1 aromatic carbocycles. The summed E-state index contributed by atoms with van der Waals surface area (Å²) in [7, 11) is 0. The van der Waals surface area contributed by atoms with Gasteiger partial charge in [0.2, 0.25) is 0 Å². The summed E-state index contributed by atoms with van der Waals surface area (Å²) in [4.78, 5) is 26.1. The van der Waals surface area contributed by atoms with Crippen molar-refractivity contribution < 1.29 is 14.3 Å². The number of hydrogen-bond acceptors (Lipinski definition) is 4. The van der Waals surface area contributed by atoms with Gasteiger partial charge in [0, 0.05) is 16.3 Å². The van der Waals surface area contributed by atoms with Gasteiger partial charge in [-0.3, -0.25) is 4.79 Å². The molecule has 1 aliphatic heterocycles. The molecule has 0 bridgehead atoms. The molecule has 114 valence electrons. The van der Waals surface area contributed by atoms with Crippen LogP contribution in [-0.2, 0) is 10.3 Å². The van der Waals surface area contributed by atoms with Crippen molar-refractivity contribution in [3.63, 3.8) is 0 Å². The van der Waals surface area contributed by atoms with Gasteiger partial charge in [0.05, 0.1) is 11.1 Å². The van der Waals surface area contributed by atoms with Crippen LogP contribution in [0.25, 0.3) is 0 Å². The minimum Gasteiger partial charge on any atom is -0.443 e. The highest BCUT2D eigenvalue weighted by Crippen LogP contribution is 2.45. The summed E-state index contributed by atoms with van der Waals surface area (Å²) in [5, 5.41) is 0.406. The van der Waals surface area contributed by atoms with Crippen molar-refractivity contribution in [1.29, 1.82) is 0 Å². The van der Waals surface area contributed by atoms with Crippen LogP contribution in [0, 0.1) is 0 Å². The summed E-state index contributed by atoms with van der Waals surface area (Å²) in [5.74, 6) is -0.482. The van der Waals surface area contributed by atoms with Crippen LogP contribution >= 0.6 is 11.6 Å². The molecule has 0 unspecified atom stereocenters. The average molecular weight is 311 g/mol. The van der Waals surface area contributed by atoms with Crippen LogP contribution in [0.2, 0.25) is 5.02 Å². The Hall–Kier alpha value is -1.75. The highest BCUT2D eigenvalue weighted by Gasteiger charge is 2.50. The molecule has 2 rings (SSSR count). The fraction of sp³-hybridized carbons (Fsp3) is 0.467. The summed E-state index contributed by atoms with van der Waals surface area (Å²) >= 11 is 6.21. The second-order valence-corrected chi connectivity index (χ2v) is 6.97. The van der Waals surface area contributed by atoms with E-state index in [0.717, 1.165) is 4.90 Å². The Morgan fingerprint density at radius 1 is 1.33 bits per heavy atom. The van der Waals surface area contributed by atoms with E-state index in [2.05, 4.69) is 0 Å². The van der Waals surface area contributed by atoms with Gasteiger partial charge in [-0.15, -0.1) is 0 Å². The van der Waals surface area contributed by atoms with E-state index in [9.17, 15) is 9.59 Å². The maximum Gasteiger partial charge on any atom is 0.418 e. The number of carbonyl (C=O) groups excluding carboxylic acids is 2. The molecule has 0 atom stereocenters. The standard InChI is InChI=1S/C15H19ClN2O3/c1-14(2,3)21-13(20)18-12(19)10-9(17)7-6-8(16)11(10)15(18,4)5/h6-7H,17H2,1-5H3. The molecule has 5 nitrogen and oxygen atoms in total. The third kappa shape index (κ3) is 2.46. The largest absolute Gasteiger partial charge is 0.443 e. The third-order valence-corrected chi connectivity index (χ3v) is 3.67. The molecule has 1 aromatic rings. The Labute approximate surface area is 129 Å². The Morgan fingerprint density at radius 3 is 2.38 bits per heavy atom. The van der Waals surface area contributed by atoms with E-state index in [1.54, 1.807) is 46.8 Å². The van der Waals surface area contributed by atoms with E-state index < -0.39 is 23.1 Å². The molecule has 0 radical (unpaired) electrons. The van der Waals surface area contributed by atoms with Gasteiger partial charge in [-0.2, -0.15) is 0 Å². The zero-order valence-corrected chi connectivity index (χ0v) is 13.5. The molecule has 0 aliphatic carbocycles. The topological polar surface area (TPSA) is 72.6 Å². The zero-order valence-electron chi connectivity index (χ0n) is 12.8. The normalized spacial score (nSPS) is 16.9. The molecular weight excluding hydrogens is 292 g/mol. The van der Waals surface area contributed by atoms with Crippen LogP contribution in [0.15, 0.2) is 12.1 Å². The van der Waals surface area contributed by atoms with Crippen LogP contribution in [-0.4, -0.2) is 22.5 Å². The lowest BCUT2D eigenvalue weighted by Gasteiger charge is -2.32. The third-order valence-electron chi connectivity index (χ3n) is 3.35. The number of nitrogens with two attached hydrogens (primary N) is 1. The number of nitrogens with zero attached hydrogens (tertiary/aromatic N) is 1. The molecule has 1 aliphatic rings. The van der Waals surface area contributed by atoms with Crippen molar-refractivity contribution in [2.24, 2.45) is 0 Å². The van der Waals surface area contributed by atoms with E-state index in [1.807, 2.05) is 0 Å². The van der Waals surface area contributed by atoms with Gasteiger partial charge < -0.3 is 10.5 Å². The zero-order chi connectivity index (χ0) is 16.2. The number of fused-ring (bicyclic) bond motifs is 1. The highest BCUT2D eigenvalue weighted by atomic mass is 35.5. The van der Waals surface area contributed by atoms with Gasteiger partial charge >= 0.3 is 6.09 Å². The van der Waals surface area contributed by atoms with E-state index >= 15 is 0 Å². The number of ether oxygens (including phenoxy) is 1. The number of amides is 2. The highest BCUT2D eigenvalue weighted by molar-refractivity contribution is 6.33. The minimum atomic E-state index is -0.915. The summed E-state index contributed by atoms with van der Waals surface area (Å²) in [6.45, 7) is 8.71. The van der Waals surface area contributed by atoms with Gasteiger partial charge in [0.1, 0.15) is 5.60 Å². The molecule has 0 saturated heterocycles. The number of halogens is 1. The molecule has 21 heavy (non-hydrogen) atoms. The van der Waals surface area contributed by atoms with E-state index in [1.165, 1.54) is 0 Å². The van der Waals surface area contributed by atoms with Crippen molar-refractivity contribution in [3.8, 4) is 0 Å². The number of nitrogen functional groups attached to an aromatic ring is 1. The monoisotopic (exact) mass is 310 g/mol. The second-order valence-electron chi connectivity index (χ2n) is 6.57. The number of carbonyl (C=O) groups is 2. The molecule has 0 fully saturated rings. The molecule has 1 heterocycles. The fourth-order valence-corrected chi connectivity index (χ4v) is 2.91.